The van der Waals surface area contributed by atoms with Crippen LogP contribution in [-0.4, -0.2) is 18.2 Å². The van der Waals surface area contributed by atoms with Gasteiger partial charge in [-0.05, 0) is 29.1 Å². The van der Waals surface area contributed by atoms with Gasteiger partial charge in [-0.25, -0.2) is 0 Å². The van der Waals surface area contributed by atoms with Gasteiger partial charge in [-0.3, -0.25) is 10.1 Å². The number of benzene rings is 2. The Bertz CT molecular complexity index is 863. The smallest absolute Gasteiger partial charge is 0.238 e. The lowest BCUT2D eigenvalue weighted by Crippen LogP contribution is -2.31. The van der Waals surface area contributed by atoms with E-state index in [9.17, 15) is 4.79 Å². The van der Waals surface area contributed by atoms with Gasteiger partial charge in [0.2, 0.25) is 5.91 Å². The fourth-order valence-electron chi connectivity index (χ4n) is 2.72. The molecular formula is C22H22N2OS2. The van der Waals surface area contributed by atoms with Crippen molar-refractivity contribution in [2.24, 2.45) is 0 Å². The molecule has 1 atom stereocenters. The summed E-state index contributed by atoms with van der Waals surface area (Å²) in [4.78, 5) is 14.8. The minimum absolute atomic E-state index is 0.00216. The molecule has 3 rings (SSSR count). The third-order valence-electron chi connectivity index (χ3n) is 3.95. The van der Waals surface area contributed by atoms with Crippen LogP contribution in [0.2, 0.25) is 0 Å². The Morgan fingerprint density at radius 2 is 1.85 bits per heavy atom. The zero-order valence-corrected chi connectivity index (χ0v) is 16.6. The van der Waals surface area contributed by atoms with Crippen LogP contribution in [0.25, 0.3) is 0 Å². The van der Waals surface area contributed by atoms with E-state index in [1.165, 1.54) is 4.88 Å². The SMILES string of the molecule is C=CCSc1ccccc1NC(=O)CN[C@H](c1ccccc1)c1cccs1. The van der Waals surface area contributed by atoms with E-state index < -0.39 is 0 Å². The number of amides is 1. The van der Waals surface area contributed by atoms with Crippen molar-refractivity contribution in [2.45, 2.75) is 10.9 Å². The predicted octanol–water partition coefficient (Wildman–Crippen LogP) is 5.34. The number of nitrogens with one attached hydrogen (secondary N) is 2. The third-order valence-corrected chi connectivity index (χ3v) is 5.95. The van der Waals surface area contributed by atoms with Crippen LogP contribution in [0.1, 0.15) is 16.5 Å². The molecule has 0 bridgehead atoms. The molecule has 0 aliphatic carbocycles. The molecule has 2 aromatic carbocycles. The summed E-state index contributed by atoms with van der Waals surface area (Å²) in [5.41, 5.74) is 1.98. The van der Waals surface area contributed by atoms with Crippen molar-refractivity contribution in [3.63, 3.8) is 0 Å². The van der Waals surface area contributed by atoms with Gasteiger partial charge in [-0.2, -0.15) is 0 Å². The minimum atomic E-state index is -0.0564. The molecule has 0 aliphatic heterocycles. The summed E-state index contributed by atoms with van der Waals surface area (Å²) in [6.07, 6.45) is 1.86. The molecule has 0 aliphatic rings. The van der Waals surface area contributed by atoms with Crippen molar-refractivity contribution < 1.29 is 4.79 Å². The van der Waals surface area contributed by atoms with Crippen LogP contribution in [0, 0.1) is 0 Å². The molecule has 1 amide bonds. The molecule has 0 saturated heterocycles. The van der Waals surface area contributed by atoms with E-state index >= 15 is 0 Å². The molecule has 0 saturated carbocycles. The molecular weight excluding hydrogens is 372 g/mol. The Kier molecular flexibility index (Phi) is 7.27. The van der Waals surface area contributed by atoms with Crippen LogP contribution in [-0.2, 0) is 4.79 Å². The molecule has 5 heteroatoms. The number of thiophene rings is 1. The number of thioether (sulfide) groups is 1. The second kappa shape index (κ2) is 10.1. The molecule has 0 spiro atoms. The molecule has 0 radical (unpaired) electrons. The summed E-state index contributed by atoms with van der Waals surface area (Å²) >= 11 is 3.34. The van der Waals surface area contributed by atoms with Crippen LogP contribution in [0.3, 0.4) is 0 Å². The lowest BCUT2D eigenvalue weighted by Gasteiger charge is -2.18. The quantitative estimate of drug-likeness (QED) is 0.380. The zero-order valence-electron chi connectivity index (χ0n) is 14.9. The van der Waals surface area contributed by atoms with E-state index in [1.54, 1.807) is 23.1 Å². The molecule has 3 nitrogen and oxygen atoms in total. The van der Waals surface area contributed by atoms with Crippen molar-refractivity contribution in [1.29, 1.82) is 0 Å². The highest BCUT2D eigenvalue weighted by molar-refractivity contribution is 7.99. The average molecular weight is 395 g/mol. The van der Waals surface area contributed by atoms with Crippen LogP contribution >= 0.6 is 23.1 Å². The Morgan fingerprint density at radius 1 is 1.07 bits per heavy atom. The number of rotatable bonds is 9. The van der Waals surface area contributed by atoms with Gasteiger partial charge in [0.1, 0.15) is 0 Å². The lowest BCUT2D eigenvalue weighted by molar-refractivity contribution is -0.115. The summed E-state index contributed by atoms with van der Waals surface area (Å²) in [7, 11) is 0. The summed E-state index contributed by atoms with van der Waals surface area (Å²) in [5, 5.41) is 8.47. The topological polar surface area (TPSA) is 41.1 Å². The van der Waals surface area contributed by atoms with E-state index in [-0.39, 0.29) is 18.5 Å². The number of anilines is 1. The summed E-state index contributed by atoms with van der Waals surface area (Å²) in [6, 6.07) is 22.2. The normalized spacial score (nSPS) is 11.7. The standard InChI is InChI=1S/C22H22N2OS2/c1-2-14-26-19-12-7-6-11-18(19)24-21(25)16-23-22(20-13-8-15-27-20)17-9-4-3-5-10-17/h2-13,15,22-23H,1,14,16H2,(H,24,25)/t22-/m1/s1. The first-order chi connectivity index (χ1) is 13.3. The third kappa shape index (κ3) is 5.57. The van der Waals surface area contributed by atoms with Crippen molar-refractivity contribution >= 4 is 34.7 Å². The van der Waals surface area contributed by atoms with Gasteiger partial charge in [0.15, 0.2) is 0 Å². The van der Waals surface area contributed by atoms with Crippen LogP contribution in [0.5, 0.6) is 0 Å². The maximum atomic E-state index is 12.5. The summed E-state index contributed by atoms with van der Waals surface area (Å²) < 4.78 is 0. The lowest BCUT2D eigenvalue weighted by atomic mass is 10.1. The number of hydrogen-bond acceptors (Lipinski definition) is 4. The van der Waals surface area contributed by atoms with Crippen molar-refractivity contribution in [1.82, 2.24) is 5.32 Å². The first-order valence-corrected chi connectivity index (χ1v) is 10.6. The molecule has 0 fully saturated rings. The number of carbonyl (C=O) groups is 1. The van der Waals surface area contributed by atoms with Gasteiger partial charge < -0.3 is 5.32 Å². The minimum Gasteiger partial charge on any atom is -0.324 e. The van der Waals surface area contributed by atoms with Crippen LogP contribution in [0.4, 0.5) is 5.69 Å². The molecule has 1 aromatic heterocycles. The highest BCUT2D eigenvalue weighted by atomic mass is 32.2. The number of para-hydroxylation sites is 1. The number of carbonyl (C=O) groups excluding carboxylic acids is 1. The van der Waals surface area contributed by atoms with E-state index in [2.05, 4.69) is 40.8 Å². The number of hydrogen-bond donors (Lipinski definition) is 2. The monoisotopic (exact) mass is 394 g/mol. The zero-order chi connectivity index (χ0) is 18.9. The van der Waals surface area contributed by atoms with Crippen molar-refractivity contribution in [2.75, 3.05) is 17.6 Å². The van der Waals surface area contributed by atoms with Gasteiger partial charge in [-0.15, -0.1) is 29.7 Å². The first-order valence-electron chi connectivity index (χ1n) is 8.72. The van der Waals surface area contributed by atoms with Gasteiger partial charge in [0.25, 0.3) is 0 Å². The highest BCUT2D eigenvalue weighted by Crippen LogP contribution is 2.28. The van der Waals surface area contributed by atoms with E-state index in [1.807, 2.05) is 54.6 Å². The van der Waals surface area contributed by atoms with Crippen molar-refractivity contribution in [3.8, 4) is 0 Å². The maximum Gasteiger partial charge on any atom is 0.238 e. The van der Waals surface area contributed by atoms with Crippen LogP contribution < -0.4 is 10.6 Å². The Hall–Kier alpha value is -2.34. The largest absolute Gasteiger partial charge is 0.324 e. The van der Waals surface area contributed by atoms with Gasteiger partial charge >= 0.3 is 0 Å². The summed E-state index contributed by atoms with van der Waals surface area (Å²) in [6.45, 7) is 3.99. The van der Waals surface area contributed by atoms with E-state index in [4.69, 9.17) is 0 Å². The van der Waals surface area contributed by atoms with Crippen molar-refractivity contribution in [3.05, 3.63) is 95.2 Å². The average Bonchev–Trinajstić information content (AvgIpc) is 3.23. The highest BCUT2D eigenvalue weighted by Gasteiger charge is 2.16. The van der Waals surface area contributed by atoms with E-state index in [0.29, 0.717) is 0 Å². The maximum absolute atomic E-state index is 12.5. The van der Waals surface area contributed by atoms with Gasteiger partial charge in [0, 0.05) is 15.5 Å². The molecule has 138 valence electrons. The van der Waals surface area contributed by atoms with Gasteiger partial charge in [-0.1, -0.05) is 54.6 Å². The molecule has 1 heterocycles. The van der Waals surface area contributed by atoms with Crippen LogP contribution in [0.15, 0.2) is 89.7 Å². The molecule has 27 heavy (non-hydrogen) atoms. The molecule has 0 unspecified atom stereocenters. The van der Waals surface area contributed by atoms with Gasteiger partial charge in [0.05, 0.1) is 18.3 Å². The Morgan fingerprint density at radius 3 is 2.59 bits per heavy atom. The Balaban J connectivity index is 1.66. The second-order valence-electron chi connectivity index (χ2n) is 5.88. The Labute approximate surface area is 168 Å². The molecule has 3 aromatic rings. The molecule has 2 N–H and O–H groups in total. The first kappa shape index (κ1) is 19.4. The van der Waals surface area contributed by atoms with E-state index in [0.717, 1.165) is 21.9 Å². The fraction of sp³-hybridized carbons (Fsp3) is 0.136. The predicted molar refractivity (Wildman–Crippen MR) is 117 cm³/mol. The fourth-order valence-corrected chi connectivity index (χ4v) is 4.29. The summed E-state index contributed by atoms with van der Waals surface area (Å²) in [5.74, 6) is 0.749. The second-order valence-corrected chi connectivity index (χ2v) is 7.93.